The van der Waals surface area contributed by atoms with E-state index >= 15 is 0 Å². The molecule has 0 N–H and O–H groups in total. The van der Waals surface area contributed by atoms with Crippen LogP contribution in [0, 0.1) is 0 Å². The summed E-state index contributed by atoms with van der Waals surface area (Å²) in [4.78, 5) is 7.26. The number of aromatic nitrogens is 1. The molecule has 1 aromatic heterocycles. The summed E-state index contributed by atoms with van der Waals surface area (Å²) in [7, 11) is 0. The number of fused-ring (bicyclic) bond motifs is 3. The summed E-state index contributed by atoms with van der Waals surface area (Å²) in [5.74, 6) is 0.863. The summed E-state index contributed by atoms with van der Waals surface area (Å²) in [6, 6.07) is 39.5. The van der Waals surface area contributed by atoms with Crippen LogP contribution in [-0.4, -0.2) is 11.7 Å². The Morgan fingerprint density at radius 2 is 1.18 bits per heavy atom. The smallest absolute Gasteiger partial charge is 0.245 e. The Morgan fingerprint density at radius 3 is 1.76 bits per heavy atom. The highest BCUT2D eigenvalue weighted by Gasteiger charge is 2.38. The van der Waals surface area contributed by atoms with Crippen LogP contribution in [0.15, 0.2) is 115 Å². The van der Waals surface area contributed by atoms with Gasteiger partial charge in [0, 0.05) is 23.3 Å². The Balaban J connectivity index is 1.61. The van der Waals surface area contributed by atoms with Crippen molar-refractivity contribution < 1.29 is 0 Å². The van der Waals surface area contributed by atoms with E-state index in [1.807, 2.05) is 6.20 Å². The van der Waals surface area contributed by atoms with Gasteiger partial charge in [0.2, 0.25) is 6.71 Å². The summed E-state index contributed by atoms with van der Waals surface area (Å²) in [5.41, 5.74) is 12.8. The Kier molecular flexibility index (Phi) is 6.37. The van der Waals surface area contributed by atoms with Crippen molar-refractivity contribution in [3.05, 3.63) is 127 Å². The van der Waals surface area contributed by atoms with E-state index in [2.05, 4.69) is 142 Å². The zero-order valence-electron chi connectivity index (χ0n) is 22.6. The van der Waals surface area contributed by atoms with Gasteiger partial charge in [-0.1, -0.05) is 105 Å². The van der Waals surface area contributed by atoms with Crippen molar-refractivity contribution in [1.29, 1.82) is 0 Å². The molecule has 6 rings (SSSR count). The Hall–Kier alpha value is -4.11. The van der Waals surface area contributed by atoms with Crippen molar-refractivity contribution in [3.8, 4) is 11.3 Å². The van der Waals surface area contributed by atoms with E-state index in [0.29, 0.717) is 11.8 Å². The highest BCUT2D eigenvalue weighted by atomic mass is 15.1. The number of hydrogen-bond donors (Lipinski definition) is 0. The minimum absolute atomic E-state index is 0.151. The van der Waals surface area contributed by atoms with Crippen LogP contribution in [0.25, 0.3) is 11.3 Å². The van der Waals surface area contributed by atoms with E-state index in [1.54, 1.807) is 0 Å². The molecule has 0 unspecified atom stereocenters. The summed E-state index contributed by atoms with van der Waals surface area (Å²) >= 11 is 0. The van der Waals surface area contributed by atoms with E-state index in [-0.39, 0.29) is 6.71 Å². The molecule has 5 aromatic rings. The fraction of sp³-hybridized carbons (Fsp3) is 0.171. The van der Waals surface area contributed by atoms with Crippen LogP contribution in [0.5, 0.6) is 0 Å². The lowest BCUT2D eigenvalue weighted by Gasteiger charge is -2.27. The van der Waals surface area contributed by atoms with Crippen molar-refractivity contribution in [3.63, 3.8) is 0 Å². The van der Waals surface area contributed by atoms with Gasteiger partial charge in [0.25, 0.3) is 0 Å². The summed E-state index contributed by atoms with van der Waals surface area (Å²) in [6.45, 7) is 9.40. The topological polar surface area (TPSA) is 16.1 Å². The molecule has 0 radical (unpaired) electrons. The van der Waals surface area contributed by atoms with Gasteiger partial charge in [-0.2, -0.15) is 0 Å². The normalized spacial score (nSPS) is 12.1. The molecule has 0 aliphatic carbocycles. The van der Waals surface area contributed by atoms with E-state index in [4.69, 9.17) is 4.98 Å². The molecule has 3 heteroatoms. The van der Waals surface area contributed by atoms with Gasteiger partial charge in [0.1, 0.15) is 0 Å². The first kappa shape index (κ1) is 24.2. The number of anilines is 3. The van der Waals surface area contributed by atoms with Crippen molar-refractivity contribution in [2.24, 2.45) is 0 Å². The third kappa shape index (κ3) is 4.13. The third-order valence-electron chi connectivity index (χ3n) is 7.74. The Bertz CT molecular complexity index is 1510. The number of rotatable bonds is 6. The summed E-state index contributed by atoms with van der Waals surface area (Å²) in [5, 5.41) is 0. The van der Waals surface area contributed by atoms with Gasteiger partial charge in [-0.3, -0.25) is 4.98 Å². The van der Waals surface area contributed by atoms with E-state index in [1.165, 1.54) is 33.1 Å². The molecule has 1 aliphatic heterocycles. The molecule has 2 heterocycles. The zero-order chi connectivity index (χ0) is 26.2. The fourth-order valence-electron chi connectivity index (χ4n) is 6.04. The molecule has 0 saturated carbocycles. The average Bonchev–Trinajstić information content (AvgIpc) is 3.27. The minimum atomic E-state index is 0.151. The van der Waals surface area contributed by atoms with E-state index in [9.17, 15) is 0 Å². The van der Waals surface area contributed by atoms with Crippen molar-refractivity contribution in [2.45, 2.75) is 39.5 Å². The summed E-state index contributed by atoms with van der Waals surface area (Å²) in [6.07, 6.45) is 1.93. The van der Waals surface area contributed by atoms with Gasteiger partial charge in [-0.05, 0) is 76.5 Å². The van der Waals surface area contributed by atoms with Gasteiger partial charge in [0.05, 0.1) is 5.69 Å². The standard InChI is InChI=1S/C35H33BN2/c1-24(2)29-17-11-18-30(25(3)4)34(29)36-32-19-12-22-37-35(32)31-21-20-28(23-33(31)36)38(26-13-7-5-8-14-26)27-15-9-6-10-16-27/h5-25H,1-4H3. The molecule has 0 atom stereocenters. The van der Waals surface area contributed by atoms with Gasteiger partial charge in [-0.25, -0.2) is 0 Å². The number of pyridine rings is 1. The van der Waals surface area contributed by atoms with Crippen LogP contribution in [0.2, 0.25) is 0 Å². The number of nitrogens with zero attached hydrogens (tertiary/aromatic N) is 2. The first-order chi connectivity index (χ1) is 18.5. The molecule has 4 aromatic carbocycles. The lowest BCUT2D eigenvalue weighted by molar-refractivity contribution is 0.845. The van der Waals surface area contributed by atoms with Crippen LogP contribution < -0.4 is 21.3 Å². The Labute approximate surface area is 227 Å². The second kappa shape index (κ2) is 9.98. The van der Waals surface area contributed by atoms with Crippen molar-refractivity contribution in [1.82, 2.24) is 4.98 Å². The quantitative estimate of drug-likeness (QED) is 0.227. The third-order valence-corrected chi connectivity index (χ3v) is 7.74. The molecule has 2 nitrogen and oxygen atoms in total. The highest BCUT2D eigenvalue weighted by molar-refractivity contribution is 6.99. The van der Waals surface area contributed by atoms with E-state index in [0.717, 1.165) is 22.8 Å². The van der Waals surface area contributed by atoms with Crippen LogP contribution in [0.4, 0.5) is 17.1 Å². The number of para-hydroxylation sites is 2. The molecule has 0 fully saturated rings. The van der Waals surface area contributed by atoms with Crippen LogP contribution in [0.1, 0.15) is 50.7 Å². The molecule has 1 aliphatic rings. The maximum absolute atomic E-state index is 4.90. The maximum Gasteiger partial charge on any atom is 0.245 e. The largest absolute Gasteiger partial charge is 0.311 e. The van der Waals surface area contributed by atoms with Gasteiger partial charge in [-0.15, -0.1) is 0 Å². The predicted molar refractivity (Wildman–Crippen MR) is 164 cm³/mol. The highest BCUT2D eigenvalue weighted by Crippen LogP contribution is 2.36. The second-order valence-electron chi connectivity index (χ2n) is 10.8. The minimum Gasteiger partial charge on any atom is -0.311 e. The first-order valence-electron chi connectivity index (χ1n) is 13.7. The Morgan fingerprint density at radius 1 is 0.579 bits per heavy atom. The zero-order valence-corrected chi connectivity index (χ0v) is 22.6. The second-order valence-corrected chi connectivity index (χ2v) is 10.8. The lowest BCUT2D eigenvalue weighted by Crippen LogP contribution is -2.52. The van der Waals surface area contributed by atoms with Crippen molar-refractivity contribution in [2.75, 3.05) is 4.90 Å². The van der Waals surface area contributed by atoms with Crippen LogP contribution >= 0.6 is 0 Å². The van der Waals surface area contributed by atoms with Crippen LogP contribution in [0.3, 0.4) is 0 Å². The van der Waals surface area contributed by atoms with Gasteiger partial charge >= 0.3 is 0 Å². The monoisotopic (exact) mass is 492 g/mol. The first-order valence-corrected chi connectivity index (χ1v) is 13.7. The average molecular weight is 492 g/mol. The molecular weight excluding hydrogens is 459 g/mol. The molecule has 38 heavy (non-hydrogen) atoms. The molecule has 0 bridgehead atoms. The van der Waals surface area contributed by atoms with Crippen molar-refractivity contribution >= 4 is 40.2 Å². The van der Waals surface area contributed by atoms with Gasteiger partial charge in [0.15, 0.2) is 0 Å². The van der Waals surface area contributed by atoms with Gasteiger partial charge < -0.3 is 4.90 Å². The fourth-order valence-corrected chi connectivity index (χ4v) is 6.04. The summed E-state index contributed by atoms with van der Waals surface area (Å²) < 4.78 is 0. The lowest BCUT2D eigenvalue weighted by atomic mass is 9.37. The number of benzene rings is 4. The van der Waals surface area contributed by atoms with E-state index < -0.39 is 0 Å². The predicted octanol–water partition coefficient (Wildman–Crippen LogP) is 7.29. The molecule has 0 spiro atoms. The molecule has 186 valence electrons. The molecular formula is C35H33BN2. The number of hydrogen-bond acceptors (Lipinski definition) is 2. The molecule has 0 amide bonds. The van der Waals surface area contributed by atoms with Crippen LogP contribution in [-0.2, 0) is 0 Å². The SMILES string of the molecule is CC(C)c1cccc(C(C)C)c1B1c2cc(N(c3ccccc3)c3ccccc3)ccc2-c2ncccc21. The molecule has 0 saturated heterocycles. The maximum atomic E-state index is 4.90.